The second-order valence-electron chi connectivity index (χ2n) is 17.3. The number of amides is 2. The van der Waals surface area contributed by atoms with Gasteiger partial charge < -0.3 is 50.9 Å². The highest BCUT2D eigenvalue weighted by Gasteiger charge is 2.50. The maximum Gasteiger partial charge on any atom is 0.481 e. The first-order chi connectivity index (χ1) is 33.6. The number of ether oxygens (including phenoxy) is 1. The molecule has 2 aromatic heterocycles. The van der Waals surface area contributed by atoms with Gasteiger partial charge in [0.2, 0.25) is 11.8 Å². The number of phosphoric acid groups is 3. The van der Waals surface area contributed by atoms with Crippen LogP contribution in [0, 0.1) is 5.41 Å². The van der Waals surface area contributed by atoms with E-state index in [0.717, 1.165) is 86.8 Å². The van der Waals surface area contributed by atoms with E-state index in [0.29, 0.717) is 12.2 Å². The number of aliphatic hydroxyl groups excluding tert-OH is 2. The van der Waals surface area contributed by atoms with E-state index in [4.69, 9.17) is 19.5 Å². The molecule has 2 aromatic rings. The van der Waals surface area contributed by atoms with Gasteiger partial charge in [0.15, 0.2) is 22.8 Å². The lowest BCUT2D eigenvalue weighted by Gasteiger charge is -2.30. The lowest BCUT2D eigenvalue weighted by Crippen LogP contribution is -2.46. The molecule has 28 heteroatoms. The number of aromatic nitrogens is 4. The molecule has 0 aliphatic carbocycles. The largest absolute Gasteiger partial charge is 0.481 e. The van der Waals surface area contributed by atoms with E-state index in [2.05, 4.69) is 77.8 Å². The summed E-state index contributed by atoms with van der Waals surface area (Å²) in [6.45, 7) is 2.77. The molecule has 1 aliphatic rings. The number of allylic oxidation sites excluding steroid dienone is 6. The highest BCUT2D eigenvalue weighted by atomic mass is 32.2. The van der Waals surface area contributed by atoms with E-state index in [1.165, 1.54) is 39.5 Å². The predicted molar refractivity (Wildman–Crippen MR) is 265 cm³/mol. The van der Waals surface area contributed by atoms with E-state index in [1.54, 1.807) is 0 Å². The Labute approximate surface area is 418 Å². The van der Waals surface area contributed by atoms with Gasteiger partial charge in [0.25, 0.3) is 0 Å². The Balaban J connectivity index is 1.26. The Kier molecular flexibility index (Phi) is 27.5. The van der Waals surface area contributed by atoms with Crippen molar-refractivity contribution in [3.8, 4) is 0 Å². The molecule has 2 amide bonds. The summed E-state index contributed by atoms with van der Waals surface area (Å²) >= 11 is 1.14. The zero-order valence-electron chi connectivity index (χ0n) is 40.4. The third-order valence-electron chi connectivity index (χ3n) is 10.8. The molecule has 0 spiro atoms. The number of unbranched alkanes of at least 4 members (excludes halogenated alkanes) is 9. The monoisotopic (exact) mass is 1080 g/mol. The number of nitrogens with zero attached hydrogens (tertiary/aromatic N) is 4. The van der Waals surface area contributed by atoms with Crippen molar-refractivity contribution in [1.29, 1.82) is 0 Å². The minimum atomic E-state index is -5.58. The van der Waals surface area contributed by atoms with E-state index in [9.17, 15) is 57.9 Å². The average molecular weight is 1080 g/mol. The van der Waals surface area contributed by atoms with Crippen LogP contribution in [0.15, 0.2) is 49.1 Å². The number of nitrogen functional groups attached to an aromatic ring is 1. The van der Waals surface area contributed by atoms with Gasteiger partial charge in [0.1, 0.15) is 36.3 Å². The van der Waals surface area contributed by atoms with Crippen molar-refractivity contribution in [2.24, 2.45) is 5.41 Å². The predicted octanol–water partition coefficient (Wildman–Crippen LogP) is 5.81. The fraction of sp³-hybridized carbons (Fsp3) is 0.674. The number of carbonyl (C=O) groups excluding carboxylic acids is 3. The number of imidazole rings is 1. The zero-order chi connectivity index (χ0) is 52.5. The number of nitrogens with one attached hydrogen (secondary N) is 2. The zero-order valence-corrected chi connectivity index (χ0v) is 43.9. The number of phosphoric ester groups is 3. The molecule has 2 unspecified atom stereocenters. The SMILES string of the molecule is CCCCC/C=C\C/C=C\C/C=C\CCCCCCCCC(=O)SCCNC(=O)CCNC(=O)[C@H](O)C(C)(C)COP(=O)(O)OP(=O)(O)OC[C@H]1O[C@@H](n2cnc3c(N)ncnc32)[C@H](O)[C@@H]1OP(=O)(O)O. The molecule has 3 heterocycles. The lowest BCUT2D eigenvalue weighted by atomic mass is 9.87. The van der Waals surface area contributed by atoms with Crippen LogP contribution in [-0.2, 0) is 50.7 Å². The molecule has 10 N–H and O–H groups in total. The van der Waals surface area contributed by atoms with Gasteiger partial charge in [-0.15, -0.1) is 0 Å². The molecule has 0 bridgehead atoms. The quantitative estimate of drug-likeness (QED) is 0.0221. The molecule has 0 aromatic carbocycles. The van der Waals surface area contributed by atoms with Gasteiger partial charge in [0.05, 0.1) is 19.5 Å². The van der Waals surface area contributed by atoms with E-state index >= 15 is 0 Å². The maximum atomic E-state index is 12.8. The van der Waals surface area contributed by atoms with Crippen molar-refractivity contribution in [1.82, 2.24) is 30.2 Å². The van der Waals surface area contributed by atoms with Crippen LogP contribution in [0.5, 0.6) is 0 Å². The van der Waals surface area contributed by atoms with E-state index in [1.807, 2.05) is 0 Å². The maximum absolute atomic E-state index is 12.8. The smallest absolute Gasteiger partial charge is 0.386 e. The molecular formula is C43H72N7O17P3S. The number of rotatable bonds is 36. The summed E-state index contributed by atoms with van der Waals surface area (Å²) < 4.78 is 62.5. The van der Waals surface area contributed by atoms with Crippen molar-refractivity contribution in [2.45, 2.75) is 148 Å². The molecule has 24 nitrogen and oxygen atoms in total. The minimum absolute atomic E-state index is 0.0321. The third kappa shape index (κ3) is 24.1. The number of fused-ring (bicyclic) bond motifs is 1. The molecular weight excluding hydrogens is 1010 g/mol. The number of aliphatic hydroxyl groups is 2. The first-order valence-corrected chi connectivity index (χ1v) is 29.1. The summed E-state index contributed by atoms with van der Waals surface area (Å²) in [6, 6.07) is 0. The van der Waals surface area contributed by atoms with Gasteiger partial charge in [-0.25, -0.2) is 28.6 Å². The standard InChI is InChI=1S/C43H72N7O17P3S/c1-4-5-6-7-8-9-10-11-12-13-14-15-16-17-18-19-20-21-22-23-34(52)71-27-26-45-33(51)24-25-46-41(55)38(54)43(2,3)29-64-70(61,62)67-69(59,60)63-28-32-37(66-68(56,57)58)36(53)42(65-32)50-31-49-35-39(44)47-30-48-40(35)50/h8-9,11-12,14-15,30-32,36-38,42,53-54H,4-7,10,13,16-29H2,1-3H3,(H,45,51)(H,46,55)(H,59,60)(H,61,62)(H2,44,47,48)(H2,56,57,58)/b9-8-,12-11-,15-14-/t32-,36-,37-,38+,42-/m1/s1. The van der Waals surface area contributed by atoms with Gasteiger partial charge in [-0.3, -0.25) is 32.5 Å². The number of carbonyl (C=O) groups is 3. The van der Waals surface area contributed by atoms with Crippen LogP contribution in [0.1, 0.15) is 123 Å². The van der Waals surface area contributed by atoms with Crippen molar-refractivity contribution in [3.05, 3.63) is 49.1 Å². The number of nitrogens with two attached hydrogens (primary N) is 1. The number of hydrogen-bond acceptors (Lipinski definition) is 18. The van der Waals surface area contributed by atoms with Crippen LogP contribution >= 0.6 is 35.2 Å². The summed E-state index contributed by atoms with van der Waals surface area (Å²) in [5.41, 5.74) is 4.28. The number of thioether (sulfide) groups is 1. The first kappa shape index (κ1) is 62.1. The third-order valence-corrected chi connectivity index (χ3v) is 14.8. The van der Waals surface area contributed by atoms with Gasteiger partial charge in [-0.05, 0) is 44.9 Å². The molecule has 402 valence electrons. The lowest BCUT2D eigenvalue weighted by molar-refractivity contribution is -0.137. The van der Waals surface area contributed by atoms with Crippen molar-refractivity contribution in [3.63, 3.8) is 0 Å². The summed E-state index contributed by atoms with van der Waals surface area (Å²) in [7, 11) is -16.4. The fourth-order valence-electron chi connectivity index (χ4n) is 6.90. The molecule has 1 saturated heterocycles. The fourth-order valence-corrected chi connectivity index (χ4v) is 10.4. The average Bonchev–Trinajstić information content (AvgIpc) is 3.86. The highest BCUT2D eigenvalue weighted by Crippen LogP contribution is 2.61. The second-order valence-corrected chi connectivity index (χ2v) is 22.7. The number of hydrogen-bond donors (Lipinski definition) is 9. The molecule has 1 fully saturated rings. The summed E-state index contributed by atoms with van der Waals surface area (Å²) in [6.07, 6.45) is 21.3. The minimum Gasteiger partial charge on any atom is -0.386 e. The Morgan fingerprint density at radius 2 is 1.48 bits per heavy atom. The van der Waals surface area contributed by atoms with Crippen LogP contribution in [0.4, 0.5) is 5.82 Å². The van der Waals surface area contributed by atoms with Gasteiger partial charge in [-0.1, -0.05) is 108 Å². The Hall–Kier alpha value is -3.22. The van der Waals surface area contributed by atoms with E-state index in [-0.39, 0.29) is 41.6 Å². The Morgan fingerprint density at radius 3 is 2.14 bits per heavy atom. The van der Waals surface area contributed by atoms with Crippen LogP contribution in [0.3, 0.4) is 0 Å². The molecule has 71 heavy (non-hydrogen) atoms. The van der Waals surface area contributed by atoms with Crippen LogP contribution in [-0.4, -0.2) is 123 Å². The second kappa shape index (κ2) is 31.5. The molecule has 3 rings (SSSR count). The summed E-state index contributed by atoms with van der Waals surface area (Å²) in [5.74, 6) is -1.04. The summed E-state index contributed by atoms with van der Waals surface area (Å²) in [4.78, 5) is 88.5. The number of anilines is 1. The normalized spacial score (nSPS) is 20.0. The Bertz CT molecular complexity index is 2210. The van der Waals surface area contributed by atoms with Crippen LogP contribution in [0.25, 0.3) is 11.2 Å². The Morgan fingerprint density at radius 1 is 0.859 bits per heavy atom. The van der Waals surface area contributed by atoms with Crippen molar-refractivity contribution in [2.75, 3.05) is 37.8 Å². The topological polar surface area (TPSA) is 364 Å². The van der Waals surface area contributed by atoms with E-state index < -0.39 is 84.6 Å². The van der Waals surface area contributed by atoms with Gasteiger partial charge in [-0.2, -0.15) is 4.31 Å². The van der Waals surface area contributed by atoms with Gasteiger partial charge in [0, 0.05) is 37.1 Å². The summed E-state index contributed by atoms with van der Waals surface area (Å²) in [5, 5.41) is 26.7. The van der Waals surface area contributed by atoms with Crippen LogP contribution < -0.4 is 16.4 Å². The molecule has 0 saturated carbocycles. The van der Waals surface area contributed by atoms with Crippen molar-refractivity contribution >= 4 is 69.1 Å². The highest BCUT2D eigenvalue weighted by molar-refractivity contribution is 8.13. The molecule has 7 atom stereocenters. The van der Waals surface area contributed by atoms with Crippen molar-refractivity contribution < 1.29 is 80.5 Å². The molecule has 1 aliphatic heterocycles. The first-order valence-electron chi connectivity index (χ1n) is 23.6. The van der Waals surface area contributed by atoms with Crippen LogP contribution in [0.2, 0.25) is 0 Å². The molecule has 0 radical (unpaired) electrons. The van der Waals surface area contributed by atoms with Gasteiger partial charge >= 0.3 is 23.5 Å².